The van der Waals surface area contributed by atoms with Crippen molar-refractivity contribution in [2.24, 2.45) is 10.5 Å². The van der Waals surface area contributed by atoms with E-state index in [4.69, 9.17) is 4.74 Å². The van der Waals surface area contributed by atoms with Gasteiger partial charge in [0.25, 0.3) is 5.91 Å². The van der Waals surface area contributed by atoms with Gasteiger partial charge in [0, 0.05) is 25.9 Å². The number of carbonyl (C=O) groups excluding carboxylic acids is 3. The second kappa shape index (κ2) is 9.67. The van der Waals surface area contributed by atoms with Crippen molar-refractivity contribution in [3.63, 3.8) is 0 Å². The maximum Gasteiger partial charge on any atom is 0.312 e. The van der Waals surface area contributed by atoms with Crippen molar-refractivity contribution in [2.45, 2.75) is 51.9 Å². The van der Waals surface area contributed by atoms with Gasteiger partial charge < -0.3 is 9.64 Å². The molecule has 2 heterocycles. The summed E-state index contributed by atoms with van der Waals surface area (Å²) in [5, 5.41) is 3.90. The van der Waals surface area contributed by atoms with Crippen LogP contribution in [0.1, 0.15) is 51.0 Å². The fourth-order valence-electron chi connectivity index (χ4n) is 4.06. The Hall–Kier alpha value is -2.70. The molecule has 3 rings (SSSR count). The molecular weight excluding hydrogens is 370 g/mol. The lowest BCUT2D eigenvalue weighted by atomic mass is 9.74. The van der Waals surface area contributed by atoms with Crippen molar-refractivity contribution in [3.05, 3.63) is 35.9 Å². The number of ether oxygens (including phenoxy) is 1. The number of hydrogen-bond donors (Lipinski definition) is 1. The van der Waals surface area contributed by atoms with Crippen molar-refractivity contribution < 1.29 is 19.1 Å². The van der Waals surface area contributed by atoms with Gasteiger partial charge in [-0.15, -0.1) is 0 Å². The lowest BCUT2D eigenvalue weighted by molar-refractivity contribution is -0.160. The van der Waals surface area contributed by atoms with Gasteiger partial charge in [0.2, 0.25) is 5.91 Å². The summed E-state index contributed by atoms with van der Waals surface area (Å²) in [6.45, 7) is 3.17. The van der Waals surface area contributed by atoms with Crippen LogP contribution in [0, 0.1) is 5.41 Å². The molecule has 7 heteroatoms. The normalized spacial score (nSPS) is 18.6. The Bertz CT molecular complexity index is 768. The van der Waals surface area contributed by atoms with Crippen LogP contribution in [0.2, 0.25) is 0 Å². The number of piperidine rings is 1. The van der Waals surface area contributed by atoms with Crippen molar-refractivity contribution in [1.29, 1.82) is 0 Å². The minimum Gasteiger partial charge on any atom is -0.466 e. The third kappa shape index (κ3) is 5.22. The Morgan fingerprint density at radius 3 is 2.52 bits per heavy atom. The molecule has 0 aliphatic carbocycles. The van der Waals surface area contributed by atoms with Crippen molar-refractivity contribution in [3.8, 4) is 0 Å². The van der Waals surface area contributed by atoms with E-state index in [1.165, 1.54) is 5.56 Å². The van der Waals surface area contributed by atoms with E-state index < -0.39 is 5.41 Å². The van der Waals surface area contributed by atoms with Crippen LogP contribution in [-0.4, -0.2) is 48.1 Å². The first-order valence-electron chi connectivity index (χ1n) is 10.4. The van der Waals surface area contributed by atoms with Gasteiger partial charge in [-0.2, -0.15) is 5.10 Å². The molecule has 1 aromatic rings. The first-order valence-corrected chi connectivity index (χ1v) is 10.4. The topological polar surface area (TPSA) is 88.1 Å². The number of amides is 2. The van der Waals surface area contributed by atoms with Gasteiger partial charge >= 0.3 is 5.97 Å². The third-order valence-corrected chi connectivity index (χ3v) is 5.83. The van der Waals surface area contributed by atoms with E-state index in [2.05, 4.69) is 22.7 Å². The van der Waals surface area contributed by atoms with Crippen LogP contribution >= 0.6 is 0 Å². The Balaban J connectivity index is 1.60. The van der Waals surface area contributed by atoms with Crippen LogP contribution < -0.4 is 5.43 Å². The summed E-state index contributed by atoms with van der Waals surface area (Å²) in [5.74, 6) is -0.464. The standard InChI is InChI=1S/C22H29N3O4/c1-2-29-21(28)22(12-6-9-17-7-4-3-5-8-17)13-15-25(16-14-22)20(27)18-10-11-19(26)24-23-18/h3-5,7-8H,2,6,9-16H2,1H3,(H,24,26). The number of nitrogens with one attached hydrogen (secondary N) is 1. The highest BCUT2D eigenvalue weighted by Gasteiger charge is 2.43. The average Bonchev–Trinajstić information content (AvgIpc) is 2.75. The Morgan fingerprint density at radius 2 is 1.90 bits per heavy atom. The fraction of sp³-hybridized carbons (Fsp3) is 0.545. The summed E-state index contributed by atoms with van der Waals surface area (Å²) >= 11 is 0. The molecular formula is C22H29N3O4. The second-order valence-electron chi connectivity index (χ2n) is 7.73. The number of hydrazone groups is 1. The number of carbonyl (C=O) groups is 3. The summed E-state index contributed by atoms with van der Waals surface area (Å²) in [4.78, 5) is 38.5. The van der Waals surface area contributed by atoms with E-state index >= 15 is 0 Å². The van der Waals surface area contributed by atoms with Gasteiger partial charge in [0.05, 0.1) is 12.0 Å². The Kier molecular flexibility index (Phi) is 7.01. The Morgan fingerprint density at radius 1 is 1.17 bits per heavy atom. The Labute approximate surface area is 171 Å². The predicted octanol–water partition coefficient (Wildman–Crippen LogP) is 2.45. The summed E-state index contributed by atoms with van der Waals surface area (Å²) in [7, 11) is 0. The number of hydrogen-bond acceptors (Lipinski definition) is 5. The summed E-state index contributed by atoms with van der Waals surface area (Å²) < 4.78 is 5.40. The van der Waals surface area contributed by atoms with Crippen LogP contribution in [0.5, 0.6) is 0 Å². The zero-order valence-electron chi connectivity index (χ0n) is 17.0. The van der Waals surface area contributed by atoms with Gasteiger partial charge in [-0.3, -0.25) is 14.4 Å². The van der Waals surface area contributed by atoms with Crippen molar-refractivity contribution in [1.82, 2.24) is 10.3 Å². The summed E-state index contributed by atoms with van der Waals surface area (Å²) in [6, 6.07) is 10.2. The molecule has 1 saturated heterocycles. The van der Waals surface area contributed by atoms with E-state index in [-0.39, 0.29) is 24.2 Å². The molecule has 2 aliphatic rings. The van der Waals surface area contributed by atoms with E-state index in [0.29, 0.717) is 44.7 Å². The first-order chi connectivity index (χ1) is 14.0. The molecule has 1 N–H and O–H groups in total. The molecule has 0 spiro atoms. The lowest BCUT2D eigenvalue weighted by Gasteiger charge is -2.40. The van der Waals surface area contributed by atoms with Crippen LogP contribution in [-0.2, 0) is 25.5 Å². The van der Waals surface area contributed by atoms with Gasteiger partial charge in [0.15, 0.2) is 0 Å². The zero-order chi connectivity index (χ0) is 20.7. The van der Waals surface area contributed by atoms with Gasteiger partial charge in [0.1, 0.15) is 5.71 Å². The number of likely N-dealkylation sites (tertiary alicyclic amines) is 1. The van der Waals surface area contributed by atoms with E-state index in [0.717, 1.165) is 19.3 Å². The van der Waals surface area contributed by atoms with E-state index in [9.17, 15) is 14.4 Å². The molecule has 2 aliphatic heterocycles. The quantitative estimate of drug-likeness (QED) is 0.714. The maximum absolute atomic E-state index is 12.8. The summed E-state index contributed by atoms with van der Waals surface area (Å²) in [5.41, 5.74) is 3.48. The number of nitrogens with zero attached hydrogens (tertiary/aromatic N) is 2. The molecule has 0 aromatic heterocycles. The van der Waals surface area contributed by atoms with Crippen molar-refractivity contribution >= 4 is 23.5 Å². The maximum atomic E-state index is 12.8. The zero-order valence-corrected chi connectivity index (χ0v) is 17.0. The molecule has 1 fully saturated rings. The molecule has 156 valence electrons. The second-order valence-corrected chi connectivity index (χ2v) is 7.73. The number of rotatable bonds is 7. The van der Waals surface area contributed by atoms with E-state index in [1.54, 1.807) is 4.90 Å². The van der Waals surface area contributed by atoms with Crippen molar-refractivity contribution in [2.75, 3.05) is 19.7 Å². The highest BCUT2D eigenvalue weighted by molar-refractivity contribution is 6.39. The third-order valence-electron chi connectivity index (χ3n) is 5.83. The largest absolute Gasteiger partial charge is 0.466 e. The molecule has 2 amide bonds. The molecule has 0 bridgehead atoms. The van der Waals surface area contributed by atoms with Gasteiger partial charge in [-0.05, 0) is 44.6 Å². The van der Waals surface area contributed by atoms with Gasteiger partial charge in [-0.1, -0.05) is 30.3 Å². The fourth-order valence-corrected chi connectivity index (χ4v) is 4.06. The van der Waals surface area contributed by atoms with Gasteiger partial charge in [-0.25, -0.2) is 5.43 Å². The number of aryl methyl sites for hydroxylation is 1. The molecule has 0 saturated carbocycles. The minimum absolute atomic E-state index is 0.147. The molecule has 0 atom stereocenters. The minimum atomic E-state index is -0.538. The predicted molar refractivity (Wildman–Crippen MR) is 109 cm³/mol. The van der Waals surface area contributed by atoms with E-state index in [1.807, 2.05) is 25.1 Å². The lowest BCUT2D eigenvalue weighted by Crippen LogP contribution is -2.49. The van der Waals surface area contributed by atoms with Crippen LogP contribution in [0.3, 0.4) is 0 Å². The number of benzene rings is 1. The van der Waals surface area contributed by atoms with Crippen LogP contribution in [0.25, 0.3) is 0 Å². The molecule has 0 unspecified atom stereocenters. The van der Waals surface area contributed by atoms with Crippen LogP contribution in [0.15, 0.2) is 35.4 Å². The van der Waals surface area contributed by atoms with Crippen LogP contribution in [0.4, 0.5) is 0 Å². The highest BCUT2D eigenvalue weighted by atomic mass is 16.5. The SMILES string of the molecule is CCOC(=O)C1(CCCc2ccccc2)CCN(C(=O)C2=NNC(=O)CC2)CC1. The molecule has 1 aromatic carbocycles. The number of esters is 1. The monoisotopic (exact) mass is 399 g/mol. The smallest absolute Gasteiger partial charge is 0.312 e. The first kappa shape index (κ1) is 21.0. The summed E-state index contributed by atoms with van der Waals surface area (Å²) in [6.07, 6.45) is 4.39. The average molecular weight is 399 g/mol. The molecule has 29 heavy (non-hydrogen) atoms. The molecule has 0 radical (unpaired) electrons. The highest BCUT2D eigenvalue weighted by Crippen LogP contribution is 2.38. The molecule has 7 nitrogen and oxygen atoms in total.